The van der Waals surface area contributed by atoms with Crippen molar-refractivity contribution < 1.29 is 43.9 Å². The lowest BCUT2D eigenvalue weighted by atomic mass is 9.58. The van der Waals surface area contributed by atoms with Gasteiger partial charge in [0.15, 0.2) is 11.4 Å². The first-order valence-electron chi connectivity index (χ1n) is 15.3. The number of phenols is 1. The van der Waals surface area contributed by atoms with E-state index in [0.717, 1.165) is 5.56 Å². The maximum absolute atomic E-state index is 14.2. The van der Waals surface area contributed by atoms with Gasteiger partial charge in [-0.05, 0) is 80.6 Å². The van der Waals surface area contributed by atoms with Crippen molar-refractivity contribution in [3.8, 4) is 22.6 Å². The number of allylic oxidation sites excluding steroid dienone is 1. The second-order valence-electron chi connectivity index (χ2n) is 12.9. The molecule has 1 aliphatic heterocycles. The maximum atomic E-state index is 14.2. The van der Waals surface area contributed by atoms with E-state index in [1.54, 1.807) is 20.2 Å². The highest BCUT2D eigenvalue weighted by molar-refractivity contribution is 6.25. The minimum Gasteiger partial charge on any atom is -0.510 e. The Morgan fingerprint density at radius 3 is 2.43 bits per heavy atom. The quantitative estimate of drug-likeness (QED) is 0.297. The Bertz CT molecular complexity index is 1710. The predicted molar refractivity (Wildman–Crippen MR) is 165 cm³/mol. The Hall–Kier alpha value is -4.26. The Balaban J connectivity index is 1.46. The fraction of sp³-hybridized carbons (Fsp3) is 0.441. The van der Waals surface area contributed by atoms with E-state index in [1.807, 2.05) is 18.2 Å². The lowest BCUT2D eigenvalue weighted by Crippen LogP contribution is -2.63. The number of rotatable bonds is 6. The number of nitrogens with zero attached hydrogens (tertiary/aromatic N) is 2. The van der Waals surface area contributed by atoms with E-state index in [9.17, 15) is 39.2 Å². The molecule has 4 atom stereocenters. The van der Waals surface area contributed by atoms with E-state index >= 15 is 0 Å². The zero-order valence-corrected chi connectivity index (χ0v) is 25.9. The molecule has 1 fully saturated rings. The van der Waals surface area contributed by atoms with Gasteiger partial charge in [-0.2, -0.15) is 0 Å². The number of ether oxygens (including phenoxy) is 1. The van der Waals surface area contributed by atoms with Crippen molar-refractivity contribution in [3.63, 3.8) is 0 Å². The summed E-state index contributed by atoms with van der Waals surface area (Å²) in [6.45, 7) is 1.87. The highest BCUT2D eigenvalue weighted by Crippen LogP contribution is 2.53. The fourth-order valence-corrected chi connectivity index (χ4v) is 7.88. The number of hydrogen-bond acceptors (Lipinski definition) is 10. The SMILES string of the molecule is COc1ccc(CN2CCC(F)CC2)cc1-c1ccc(O)c2c1C[C@H]1C[C@H]3[C@H](N(C)C)C(O)=C(C(N)=O)C(=O)[C@@]3(O)C(O)=C1C2=O. The number of likely N-dealkylation sites (tertiary alicyclic amines) is 1. The number of ketones is 2. The van der Waals surface area contributed by atoms with Crippen LogP contribution >= 0.6 is 0 Å². The van der Waals surface area contributed by atoms with Gasteiger partial charge < -0.3 is 30.9 Å². The molecule has 12 heteroatoms. The highest BCUT2D eigenvalue weighted by Gasteiger charge is 2.63. The Morgan fingerprint density at radius 1 is 1.11 bits per heavy atom. The number of amides is 1. The Morgan fingerprint density at radius 2 is 1.80 bits per heavy atom. The maximum Gasteiger partial charge on any atom is 0.255 e. The van der Waals surface area contributed by atoms with Gasteiger partial charge in [-0.15, -0.1) is 0 Å². The van der Waals surface area contributed by atoms with E-state index in [0.29, 0.717) is 54.9 Å². The molecule has 11 nitrogen and oxygen atoms in total. The number of methoxy groups -OCH3 is 1. The molecule has 0 aromatic heterocycles. The van der Waals surface area contributed by atoms with Crippen LogP contribution in [0.1, 0.15) is 40.7 Å². The average molecular weight is 636 g/mol. The summed E-state index contributed by atoms with van der Waals surface area (Å²) in [4.78, 5) is 43.6. The summed E-state index contributed by atoms with van der Waals surface area (Å²) in [6, 6.07) is 7.72. The molecular formula is C34H38FN3O8. The molecule has 0 unspecified atom stereocenters. The first kappa shape index (κ1) is 31.7. The third-order valence-electron chi connectivity index (χ3n) is 10.1. The lowest BCUT2D eigenvalue weighted by molar-refractivity contribution is -0.148. The number of alkyl halides is 1. The van der Waals surface area contributed by atoms with Crippen LogP contribution < -0.4 is 10.5 Å². The van der Waals surface area contributed by atoms with Crippen molar-refractivity contribution in [2.75, 3.05) is 34.3 Å². The minimum atomic E-state index is -2.70. The van der Waals surface area contributed by atoms with Gasteiger partial charge in [-0.3, -0.25) is 24.2 Å². The zero-order chi connectivity index (χ0) is 33.2. The van der Waals surface area contributed by atoms with Crippen LogP contribution in [0.5, 0.6) is 11.5 Å². The highest BCUT2D eigenvalue weighted by atomic mass is 19.1. The van der Waals surface area contributed by atoms with Crippen LogP contribution in [0.15, 0.2) is 53.0 Å². The predicted octanol–water partition coefficient (Wildman–Crippen LogP) is 2.73. The molecule has 1 amide bonds. The van der Waals surface area contributed by atoms with Crippen LogP contribution in [0.25, 0.3) is 11.1 Å². The van der Waals surface area contributed by atoms with Crippen LogP contribution in [-0.2, 0) is 22.6 Å². The second kappa shape index (κ2) is 11.5. The number of aliphatic hydroxyl groups excluding tert-OH is 2. The number of piperidine rings is 1. The molecule has 4 aliphatic rings. The number of fused-ring (bicyclic) bond motifs is 3. The van der Waals surface area contributed by atoms with Gasteiger partial charge in [0.05, 0.1) is 18.7 Å². The van der Waals surface area contributed by atoms with E-state index < -0.39 is 64.2 Å². The van der Waals surface area contributed by atoms with Crippen LogP contribution in [-0.4, -0.2) is 99.8 Å². The fourth-order valence-electron chi connectivity index (χ4n) is 7.88. The first-order chi connectivity index (χ1) is 21.8. The third-order valence-corrected chi connectivity index (χ3v) is 10.1. The molecule has 2 aromatic carbocycles. The van der Waals surface area contributed by atoms with Gasteiger partial charge in [-0.1, -0.05) is 12.1 Å². The number of carbonyl (C=O) groups is 3. The van der Waals surface area contributed by atoms with Gasteiger partial charge in [0.1, 0.15) is 34.8 Å². The van der Waals surface area contributed by atoms with Crippen LogP contribution in [0, 0.1) is 11.8 Å². The molecule has 0 bridgehead atoms. The minimum absolute atomic E-state index is 0.0114. The molecule has 0 radical (unpaired) electrons. The number of Topliss-reactive ketones (excluding diaryl/α,β-unsaturated/α-hetero) is 2. The number of benzene rings is 2. The summed E-state index contributed by atoms with van der Waals surface area (Å²) in [5.41, 5.74) is 4.34. The largest absolute Gasteiger partial charge is 0.510 e. The van der Waals surface area contributed by atoms with E-state index in [4.69, 9.17) is 10.5 Å². The topological polar surface area (TPSA) is 174 Å². The van der Waals surface area contributed by atoms with Crippen LogP contribution in [0.2, 0.25) is 0 Å². The second-order valence-corrected chi connectivity index (χ2v) is 12.9. The third kappa shape index (κ3) is 4.78. The monoisotopic (exact) mass is 635 g/mol. The molecule has 244 valence electrons. The molecule has 3 aliphatic carbocycles. The standard InChI is InChI=1S/C34H38FN3O8/c1-37(2)28-22-14-17-13-21-19(20-12-16(4-7-24(20)46-3)15-38-10-8-18(35)9-11-38)5-6-23(39)26(21)29(40)25(17)31(42)34(22,45)32(43)27(30(28)41)33(36)44/h4-7,12,17-18,22,28,39,41-42,45H,8-11,13-15H2,1-3H3,(H2,36,44)/t17-,22-,28-,34-/m0/s1. The smallest absolute Gasteiger partial charge is 0.255 e. The molecule has 1 heterocycles. The molecule has 6 rings (SSSR count). The summed E-state index contributed by atoms with van der Waals surface area (Å²) in [7, 11) is 4.70. The molecule has 0 saturated carbocycles. The van der Waals surface area contributed by atoms with Crippen molar-refractivity contribution >= 4 is 17.5 Å². The normalized spacial score (nSPS) is 27.0. The number of phenolic OH excluding ortho intramolecular Hbond substituents is 1. The molecular weight excluding hydrogens is 597 g/mol. The van der Waals surface area contributed by atoms with Crippen LogP contribution in [0.4, 0.5) is 4.39 Å². The van der Waals surface area contributed by atoms with E-state index in [1.165, 1.54) is 18.1 Å². The van der Waals surface area contributed by atoms with Gasteiger partial charge >= 0.3 is 0 Å². The van der Waals surface area contributed by atoms with Gasteiger partial charge in [0.2, 0.25) is 5.78 Å². The van der Waals surface area contributed by atoms with Crippen molar-refractivity contribution in [3.05, 3.63) is 69.7 Å². The summed E-state index contributed by atoms with van der Waals surface area (Å²) in [5.74, 6) is -6.46. The average Bonchev–Trinajstić information content (AvgIpc) is 3.00. The number of nitrogens with two attached hydrogens (primary N) is 1. The summed E-state index contributed by atoms with van der Waals surface area (Å²) >= 11 is 0. The molecule has 6 N–H and O–H groups in total. The molecule has 2 aromatic rings. The molecule has 1 saturated heterocycles. The number of halogens is 1. The lowest BCUT2D eigenvalue weighted by Gasteiger charge is -2.50. The van der Waals surface area contributed by atoms with Crippen molar-refractivity contribution in [1.29, 1.82) is 0 Å². The number of aliphatic hydroxyl groups is 3. The van der Waals surface area contributed by atoms with Crippen molar-refractivity contribution in [2.45, 2.75) is 50.0 Å². The number of carbonyl (C=O) groups excluding carboxylic acids is 3. The number of likely N-dealkylation sites (N-methyl/N-ethyl adjacent to an activating group) is 1. The van der Waals surface area contributed by atoms with E-state index in [2.05, 4.69) is 4.90 Å². The van der Waals surface area contributed by atoms with Crippen molar-refractivity contribution in [1.82, 2.24) is 9.80 Å². The summed E-state index contributed by atoms with van der Waals surface area (Å²) in [5, 5.41) is 45.4. The molecule has 0 spiro atoms. The number of hydrogen-bond donors (Lipinski definition) is 5. The van der Waals surface area contributed by atoms with Crippen LogP contribution in [0.3, 0.4) is 0 Å². The van der Waals surface area contributed by atoms with Gasteiger partial charge in [-0.25, -0.2) is 4.39 Å². The zero-order valence-electron chi connectivity index (χ0n) is 25.9. The molecule has 46 heavy (non-hydrogen) atoms. The Kier molecular flexibility index (Phi) is 7.94. The first-order valence-corrected chi connectivity index (χ1v) is 15.3. The number of aromatic hydroxyl groups is 1. The Labute approximate surface area is 265 Å². The van der Waals surface area contributed by atoms with Crippen molar-refractivity contribution in [2.24, 2.45) is 17.6 Å². The number of primary amides is 1. The van der Waals surface area contributed by atoms with Gasteiger partial charge in [0, 0.05) is 36.7 Å². The van der Waals surface area contributed by atoms with Gasteiger partial charge in [0.25, 0.3) is 5.91 Å². The van der Waals surface area contributed by atoms with E-state index in [-0.39, 0.29) is 29.7 Å². The summed E-state index contributed by atoms with van der Waals surface area (Å²) < 4.78 is 19.4. The summed E-state index contributed by atoms with van der Waals surface area (Å²) in [6.07, 6.45) is 0.309.